The van der Waals surface area contributed by atoms with E-state index in [1.165, 1.54) is 22.0 Å². The van der Waals surface area contributed by atoms with Crippen molar-refractivity contribution >= 4 is 23.2 Å². The maximum absolute atomic E-state index is 12.4. The molecule has 0 aliphatic carbocycles. The Kier molecular flexibility index (Phi) is 7.86. The van der Waals surface area contributed by atoms with E-state index in [1.807, 2.05) is 32.9 Å². The lowest BCUT2D eigenvalue weighted by atomic mass is 10.1. The number of halogens is 2. The van der Waals surface area contributed by atoms with Gasteiger partial charge in [-0.3, -0.25) is 4.79 Å². The van der Waals surface area contributed by atoms with Gasteiger partial charge in [0, 0.05) is 0 Å². The molecule has 2 aromatic carbocycles. The lowest BCUT2D eigenvalue weighted by molar-refractivity contribution is 0.291. The number of nitrogens with zero attached hydrogens (tertiary/aromatic N) is 2. The molecule has 0 N–H and O–H groups in total. The standard InChI is InChI=1S/C25H28Cl2N2O3/c1-17-7-9-18(10-8-17)6-5-13-31-21-12-11-19(14-20(21)26)16-32-22-15-28-29(25(2,3)4)24(30)23(22)27/h7-12,14-15H,5-6,13,16H2,1-4H3. The minimum absolute atomic E-state index is 0.00884. The van der Waals surface area contributed by atoms with Crippen LogP contribution in [0, 0.1) is 6.92 Å². The van der Waals surface area contributed by atoms with Crippen LogP contribution in [0.3, 0.4) is 0 Å². The number of benzene rings is 2. The van der Waals surface area contributed by atoms with Gasteiger partial charge in [0.15, 0.2) is 10.8 Å². The van der Waals surface area contributed by atoms with Gasteiger partial charge in [-0.1, -0.05) is 59.1 Å². The van der Waals surface area contributed by atoms with Gasteiger partial charge in [-0.2, -0.15) is 5.10 Å². The first-order valence-corrected chi connectivity index (χ1v) is 11.3. The van der Waals surface area contributed by atoms with Gasteiger partial charge in [0.05, 0.1) is 23.4 Å². The summed E-state index contributed by atoms with van der Waals surface area (Å²) >= 11 is 12.6. The molecule has 0 unspecified atom stereocenters. The molecule has 0 atom stereocenters. The molecule has 3 aromatic rings. The van der Waals surface area contributed by atoms with Gasteiger partial charge in [0.25, 0.3) is 5.56 Å². The topological polar surface area (TPSA) is 53.4 Å². The highest BCUT2D eigenvalue weighted by molar-refractivity contribution is 6.32. The van der Waals surface area contributed by atoms with Crippen molar-refractivity contribution in [2.24, 2.45) is 0 Å². The molecular formula is C25H28Cl2N2O3. The van der Waals surface area contributed by atoms with Crippen LogP contribution in [0.1, 0.15) is 43.9 Å². The first-order chi connectivity index (χ1) is 15.1. The van der Waals surface area contributed by atoms with Crippen LogP contribution >= 0.6 is 23.2 Å². The van der Waals surface area contributed by atoms with Crippen molar-refractivity contribution in [3.63, 3.8) is 0 Å². The molecule has 7 heteroatoms. The molecule has 0 saturated heterocycles. The predicted octanol–water partition coefficient (Wildman–Crippen LogP) is 6.20. The summed E-state index contributed by atoms with van der Waals surface area (Å²) < 4.78 is 12.9. The number of aromatic nitrogens is 2. The fraction of sp³-hybridized carbons (Fsp3) is 0.360. The monoisotopic (exact) mass is 474 g/mol. The second kappa shape index (κ2) is 10.4. The third-order valence-corrected chi connectivity index (χ3v) is 5.54. The Bertz CT molecular complexity index is 1120. The molecule has 0 aliphatic rings. The highest BCUT2D eigenvalue weighted by Gasteiger charge is 2.20. The van der Waals surface area contributed by atoms with Crippen molar-refractivity contribution in [3.05, 3.63) is 85.8 Å². The third-order valence-electron chi connectivity index (χ3n) is 4.90. The molecule has 1 aromatic heterocycles. The van der Waals surface area contributed by atoms with Crippen LogP contribution < -0.4 is 15.0 Å². The molecule has 0 aliphatic heterocycles. The quantitative estimate of drug-likeness (QED) is 0.364. The summed E-state index contributed by atoms with van der Waals surface area (Å²) in [6, 6.07) is 14.0. The number of rotatable bonds is 8. The van der Waals surface area contributed by atoms with Crippen LogP contribution in [0.25, 0.3) is 0 Å². The Morgan fingerprint density at radius 3 is 2.31 bits per heavy atom. The maximum Gasteiger partial charge on any atom is 0.289 e. The average molecular weight is 475 g/mol. The first-order valence-electron chi connectivity index (χ1n) is 10.5. The Balaban J connectivity index is 1.54. The number of aryl methyl sites for hydroxylation is 2. The zero-order valence-corrected chi connectivity index (χ0v) is 20.3. The van der Waals surface area contributed by atoms with Gasteiger partial charge in [-0.05, 0) is 63.8 Å². The van der Waals surface area contributed by atoms with E-state index in [4.69, 9.17) is 32.7 Å². The second-order valence-corrected chi connectivity index (χ2v) is 9.49. The summed E-state index contributed by atoms with van der Waals surface area (Å²) in [6.45, 7) is 8.51. The largest absolute Gasteiger partial charge is 0.492 e. The fourth-order valence-corrected chi connectivity index (χ4v) is 3.56. The van der Waals surface area contributed by atoms with E-state index in [0.717, 1.165) is 18.4 Å². The van der Waals surface area contributed by atoms with E-state index in [9.17, 15) is 4.79 Å². The van der Waals surface area contributed by atoms with E-state index in [-0.39, 0.29) is 22.9 Å². The molecule has 0 fully saturated rings. The van der Waals surface area contributed by atoms with Crippen molar-refractivity contribution < 1.29 is 9.47 Å². The van der Waals surface area contributed by atoms with Crippen molar-refractivity contribution in [1.29, 1.82) is 0 Å². The van der Waals surface area contributed by atoms with Crippen LogP contribution in [-0.2, 0) is 18.6 Å². The van der Waals surface area contributed by atoms with Crippen LogP contribution in [0.4, 0.5) is 0 Å². The third kappa shape index (κ3) is 6.27. The zero-order valence-electron chi connectivity index (χ0n) is 18.8. The van der Waals surface area contributed by atoms with E-state index < -0.39 is 5.54 Å². The molecule has 0 saturated carbocycles. The first kappa shape index (κ1) is 24.1. The molecule has 5 nitrogen and oxygen atoms in total. The summed E-state index contributed by atoms with van der Waals surface area (Å²) in [5.41, 5.74) is 2.53. The molecule has 3 rings (SSSR count). The van der Waals surface area contributed by atoms with Gasteiger partial charge in [0.1, 0.15) is 12.4 Å². The van der Waals surface area contributed by atoms with Crippen molar-refractivity contribution in [2.45, 2.75) is 52.7 Å². The Morgan fingerprint density at radius 1 is 0.969 bits per heavy atom. The maximum atomic E-state index is 12.4. The molecule has 0 amide bonds. The van der Waals surface area contributed by atoms with Crippen LogP contribution in [0.2, 0.25) is 10.0 Å². The van der Waals surface area contributed by atoms with Gasteiger partial charge < -0.3 is 9.47 Å². The second-order valence-electron chi connectivity index (χ2n) is 8.70. The summed E-state index contributed by atoms with van der Waals surface area (Å²) in [6.07, 6.45) is 3.31. The van der Waals surface area contributed by atoms with E-state index in [0.29, 0.717) is 17.4 Å². The van der Waals surface area contributed by atoms with Gasteiger partial charge in [-0.25, -0.2) is 4.68 Å². The van der Waals surface area contributed by atoms with Crippen molar-refractivity contribution in [2.75, 3.05) is 6.61 Å². The number of ether oxygens (including phenoxy) is 2. The van der Waals surface area contributed by atoms with Gasteiger partial charge in [0.2, 0.25) is 0 Å². The fourth-order valence-electron chi connectivity index (χ4n) is 3.12. The smallest absolute Gasteiger partial charge is 0.289 e. The average Bonchev–Trinajstić information content (AvgIpc) is 2.73. The molecule has 0 radical (unpaired) electrons. The normalized spacial score (nSPS) is 11.4. The predicted molar refractivity (Wildman–Crippen MR) is 129 cm³/mol. The van der Waals surface area contributed by atoms with Crippen LogP contribution in [0.5, 0.6) is 11.5 Å². The van der Waals surface area contributed by atoms with Crippen LogP contribution in [-0.4, -0.2) is 16.4 Å². The highest BCUT2D eigenvalue weighted by Crippen LogP contribution is 2.27. The lowest BCUT2D eigenvalue weighted by Crippen LogP contribution is -2.36. The highest BCUT2D eigenvalue weighted by atomic mass is 35.5. The zero-order chi connectivity index (χ0) is 23.3. The summed E-state index contributed by atoms with van der Waals surface area (Å²) in [5.74, 6) is 0.872. The number of hydrogen-bond acceptors (Lipinski definition) is 4. The Labute approximate surface area is 198 Å². The minimum Gasteiger partial charge on any atom is -0.492 e. The van der Waals surface area contributed by atoms with Crippen molar-refractivity contribution in [3.8, 4) is 11.5 Å². The Morgan fingerprint density at radius 2 is 1.66 bits per heavy atom. The minimum atomic E-state index is -0.469. The summed E-state index contributed by atoms with van der Waals surface area (Å²) in [4.78, 5) is 12.4. The van der Waals surface area contributed by atoms with Crippen LogP contribution in [0.15, 0.2) is 53.5 Å². The lowest BCUT2D eigenvalue weighted by Gasteiger charge is -2.21. The van der Waals surface area contributed by atoms with Gasteiger partial charge >= 0.3 is 0 Å². The van der Waals surface area contributed by atoms with E-state index in [1.54, 1.807) is 6.07 Å². The van der Waals surface area contributed by atoms with Gasteiger partial charge in [-0.15, -0.1) is 0 Å². The van der Waals surface area contributed by atoms with Crippen molar-refractivity contribution in [1.82, 2.24) is 9.78 Å². The molecule has 0 spiro atoms. The Hall–Kier alpha value is -2.50. The molecule has 170 valence electrons. The molecule has 32 heavy (non-hydrogen) atoms. The van der Waals surface area contributed by atoms with E-state index in [2.05, 4.69) is 36.3 Å². The SMILES string of the molecule is Cc1ccc(CCCOc2ccc(COc3cnn(C(C)(C)C)c(=O)c3Cl)cc2Cl)cc1. The number of hydrogen-bond donors (Lipinski definition) is 0. The summed E-state index contributed by atoms with van der Waals surface area (Å²) in [5, 5.41) is 4.69. The summed E-state index contributed by atoms with van der Waals surface area (Å²) in [7, 11) is 0. The van der Waals surface area contributed by atoms with E-state index >= 15 is 0 Å². The molecule has 0 bridgehead atoms. The molecule has 1 heterocycles. The molecular weight excluding hydrogens is 447 g/mol.